The van der Waals surface area contributed by atoms with Crippen LogP contribution in [0.5, 0.6) is 0 Å². The maximum Gasteiger partial charge on any atom is 0.318 e. The molecule has 0 aromatic carbocycles. The highest BCUT2D eigenvalue weighted by atomic mass is 16.4. The Hall–Kier alpha value is -1.79. The summed E-state index contributed by atoms with van der Waals surface area (Å²) >= 11 is 0. The molecule has 1 heterocycles. The number of urea groups is 1. The zero-order valence-electron chi connectivity index (χ0n) is 13.0. The third-order valence-corrected chi connectivity index (χ3v) is 3.73. The maximum absolute atomic E-state index is 12.3. The van der Waals surface area contributed by atoms with Gasteiger partial charge < -0.3 is 20.2 Å². The lowest BCUT2D eigenvalue weighted by Crippen LogP contribution is -2.53. The van der Waals surface area contributed by atoms with Crippen LogP contribution in [0.1, 0.15) is 39.0 Å². The number of likely N-dealkylation sites (N-methyl/N-ethyl adjacent to an activating group) is 1. The van der Waals surface area contributed by atoms with Crippen LogP contribution in [0.15, 0.2) is 0 Å². The third kappa shape index (κ3) is 5.24. The molecule has 0 aromatic heterocycles. The maximum atomic E-state index is 12.3. The largest absolute Gasteiger partial charge is 0.481 e. The van der Waals surface area contributed by atoms with Gasteiger partial charge in [0.25, 0.3) is 0 Å². The summed E-state index contributed by atoms with van der Waals surface area (Å²) in [4.78, 5) is 37.9. The van der Waals surface area contributed by atoms with Crippen molar-refractivity contribution in [3.05, 3.63) is 0 Å². The molecule has 2 unspecified atom stereocenters. The summed E-state index contributed by atoms with van der Waals surface area (Å²) in [7, 11) is 3.28. The summed E-state index contributed by atoms with van der Waals surface area (Å²) < 4.78 is 0. The quantitative estimate of drug-likeness (QED) is 0.789. The first kappa shape index (κ1) is 17.3. The Labute approximate surface area is 125 Å². The lowest BCUT2D eigenvalue weighted by molar-refractivity contribution is -0.137. The third-order valence-electron chi connectivity index (χ3n) is 3.73. The Balaban J connectivity index is 2.60. The van der Waals surface area contributed by atoms with Gasteiger partial charge in [-0.05, 0) is 32.6 Å². The van der Waals surface area contributed by atoms with Crippen LogP contribution in [0.2, 0.25) is 0 Å². The number of nitrogens with one attached hydrogen (secondary N) is 1. The monoisotopic (exact) mass is 299 g/mol. The topological polar surface area (TPSA) is 90.0 Å². The Kier molecular flexibility index (Phi) is 6.45. The van der Waals surface area contributed by atoms with E-state index in [2.05, 4.69) is 5.32 Å². The summed E-state index contributed by atoms with van der Waals surface area (Å²) in [5, 5.41) is 11.5. The van der Waals surface area contributed by atoms with Crippen molar-refractivity contribution in [2.75, 3.05) is 20.6 Å². The van der Waals surface area contributed by atoms with Gasteiger partial charge in [0, 0.05) is 33.1 Å². The molecule has 21 heavy (non-hydrogen) atoms. The fraction of sp³-hybridized carbons (Fsp3) is 0.786. The normalized spacial score (nSPS) is 19.8. The molecule has 0 spiro atoms. The number of likely N-dealkylation sites (tertiary alicyclic amines) is 1. The SMILES string of the molecule is CC(NC(=O)N1CCCCC1CCC(=O)O)C(=O)N(C)C. The predicted octanol–water partition coefficient (Wildman–Crippen LogP) is 0.892. The lowest BCUT2D eigenvalue weighted by Gasteiger charge is -2.36. The molecule has 0 aromatic rings. The molecule has 120 valence electrons. The molecular formula is C14H25N3O4. The van der Waals surface area contributed by atoms with E-state index in [0.29, 0.717) is 13.0 Å². The van der Waals surface area contributed by atoms with Crippen molar-refractivity contribution >= 4 is 17.9 Å². The second kappa shape index (κ2) is 7.85. The molecule has 0 saturated carbocycles. The van der Waals surface area contributed by atoms with Crippen LogP contribution in [0.4, 0.5) is 4.79 Å². The number of carboxylic acids is 1. The van der Waals surface area contributed by atoms with Crippen molar-refractivity contribution in [2.45, 2.75) is 51.1 Å². The fourth-order valence-corrected chi connectivity index (χ4v) is 2.58. The zero-order valence-corrected chi connectivity index (χ0v) is 13.0. The van der Waals surface area contributed by atoms with E-state index in [0.717, 1.165) is 19.3 Å². The highest BCUT2D eigenvalue weighted by Gasteiger charge is 2.29. The standard InChI is InChI=1S/C14H25N3O4/c1-10(13(20)16(2)3)15-14(21)17-9-5-4-6-11(17)7-8-12(18)19/h10-11H,4-9H2,1-3H3,(H,15,21)(H,18,19). The van der Waals surface area contributed by atoms with Gasteiger partial charge in [-0.3, -0.25) is 9.59 Å². The van der Waals surface area contributed by atoms with Crippen molar-refractivity contribution in [1.82, 2.24) is 15.1 Å². The Bertz CT molecular complexity index is 398. The lowest BCUT2D eigenvalue weighted by atomic mass is 9.98. The van der Waals surface area contributed by atoms with Gasteiger partial charge in [0.1, 0.15) is 6.04 Å². The van der Waals surface area contributed by atoms with Crippen LogP contribution >= 0.6 is 0 Å². The summed E-state index contributed by atoms with van der Waals surface area (Å²) in [5.74, 6) is -1.01. The number of carboxylic acid groups (broad SMARTS) is 1. The Morgan fingerprint density at radius 1 is 1.33 bits per heavy atom. The van der Waals surface area contributed by atoms with Gasteiger partial charge in [-0.15, -0.1) is 0 Å². The molecule has 2 N–H and O–H groups in total. The van der Waals surface area contributed by atoms with Crippen molar-refractivity contribution in [2.24, 2.45) is 0 Å². The van der Waals surface area contributed by atoms with Gasteiger partial charge in [-0.25, -0.2) is 4.79 Å². The van der Waals surface area contributed by atoms with Gasteiger partial charge in [-0.1, -0.05) is 0 Å². The molecule has 3 amide bonds. The molecule has 2 atom stereocenters. The minimum absolute atomic E-state index is 0.0562. The first-order valence-electron chi connectivity index (χ1n) is 7.33. The van der Waals surface area contributed by atoms with Gasteiger partial charge in [0.05, 0.1) is 0 Å². The van der Waals surface area contributed by atoms with E-state index in [4.69, 9.17) is 5.11 Å². The Morgan fingerprint density at radius 2 is 2.00 bits per heavy atom. The molecule has 0 bridgehead atoms. The minimum Gasteiger partial charge on any atom is -0.481 e. The summed E-state index contributed by atoms with van der Waals surface area (Å²) in [5.41, 5.74) is 0. The second-order valence-electron chi connectivity index (χ2n) is 5.68. The predicted molar refractivity (Wildman–Crippen MR) is 77.9 cm³/mol. The summed E-state index contributed by atoms with van der Waals surface area (Å²) in [6.07, 6.45) is 3.24. The van der Waals surface area contributed by atoms with Crippen molar-refractivity contribution < 1.29 is 19.5 Å². The van der Waals surface area contributed by atoms with Gasteiger partial charge in [0.15, 0.2) is 0 Å². The van der Waals surface area contributed by atoms with Crippen LogP contribution in [-0.4, -0.2) is 65.5 Å². The van der Waals surface area contributed by atoms with Gasteiger partial charge in [0.2, 0.25) is 5.91 Å². The first-order chi connectivity index (χ1) is 9.82. The fourth-order valence-electron chi connectivity index (χ4n) is 2.58. The molecule has 0 radical (unpaired) electrons. The molecular weight excluding hydrogens is 274 g/mol. The van der Waals surface area contributed by atoms with Crippen molar-refractivity contribution in [3.8, 4) is 0 Å². The van der Waals surface area contributed by atoms with Crippen molar-refractivity contribution in [3.63, 3.8) is 0 Å². The number of nitrogens with zero attached hydrogens (tertiary/aromatic N) is 2. The molecule has 1 aliphatic rings. The van der Waals surface area contributed by atoms with Crippen LogP contribution in [0.3, 0.4) is 0 Å². The number of aliphatic carboxylic acids is 1. The average molecular weight is 299 g/mol. The van der Waals surface area contributed by atoms with Gasteiger partial charge in [-0.2, -0.15) is 0 Å². The number of hydrogen-bond acceptors (Lipinski definition) is 3. The highest BCUT2D eigenvalue weighted by Crippen LogP contribution is 2.21. The minimum atomic E-state index is -0.850. The van der Waals surface area contributed by atoms with Crippen LogP contribution in [-0.2, 0) is 9.59 Å². The van der Waals surface area contributed by atoms with Crippen LogP contribution < -0.4 is 5.32 Å². The molecule has 1 aliphatic heterocycles. The molecule has 7 heteroatoms. The van der Waals surface area contributed by atoms with E-state index < -0.39 is 12.0 Å². The molecule has 7 nitrogen and oxygen atoms in total. The van der Waals surface area contributed by atoms with Crippen LogP contribution in [0, 0.1) is 0 Å². The number of piperidine rings is 1. The smallest absolute Gasteiger partial charge is 0.318 e. The van der Waals surface area contributed by atoms with E-state index in [-0.39, 0.29) is 24.4 Å². The molecule has 1 rings (SSSR count). The summed E-state index contributed by atoms with van der Waals surface area (Å²) in [6.45, 7) is 2.26. The number of carbonyl (C=O) groups excluding carboxylic acids is 2. The van der Waals surface area contributed by atoms with Crippen molar-refractivity contribution in [1.29, 1.82) is 0 Å². The molecule has 0 aliphatic carbocycles. The molecule has 1 saturated heterocycles. The first-order valence-corrected chi connectivity index (χ1v) is 7.33. The number of carbonyl (C=O) groups is 3. The average Bonchev–Trinajstić information content (AvgIpc) is 2.44. The van der Waals surface area contributed by atoms with E-state index in [1.54, 1.807) is 25.9 Å². The van der Waals surface area contributed by atoms with E-state index in [1.807, 2.05) is 0 Å². The summed E-state index contributed by atoms with van der Waals surface area (Å²) in [6, 6.07) is -0.932. The Morgan fingerprint density at radius 3 is 2.57 bits per heavy atom. The van der Waals surface area contributed by atoms with E-state index in [1.165, 1.54) is 4.90 Å². The number of hydrogen-bond donors (Lipinski definition) is 2. The number of amides is 3. The number of rotatable bonds is 5. The zero-order chi connectivity index (χ0) is 16.0. The second-order valence-corrected chi connectivity index (χ2v) is 5.68. The molecule has 1 fully saturated rings. The van der Waals surface area contributed by atoms with E-state index >= 15 is 0 Å². The highest BCUT2D eigenvalue weighted by molar-refractivity contribution is 5.86. The van der Waals surface area contributed by atoms with Crippen LogP contribution in [0.25, 0.3) is 0 Å². The van der Waals surface area contributed by atoms with Gasteiger partial charge >= 0.3 is 12.0 Å². The van der Waals surface area contributed by atoms with E-state index in [9.17, 15) is 14.4 Å².